The van der Waals surface area contributed by atoms with Crippen molar-refractivity contribution in [1.29, 1.82) is 0 Å². The molecular formula is C33H46FN5O9S. The zero-order valence-corrected chi connectivity index (χ0v) is 29.4. The Morgan fingerprint density at radius 1 is 1.10 bits per heavy atom. The second-order valence-corrected chi connectivity index (χ2v) is 16.8. The maximum absolute atomic E-state index is 14.2. The normalized spacial score (nSPS) is 24.2. The molecule has 2 unspecified atom stereocenters. The molecule has 5 amide bonds. The van der Waals surface area contributed by atoms with Crippen molar-refractivity contribution < 1.29 is 46.3 Å². The summed E-state index contributed by atoms with van der Waals surface area (Å²) in [6.45, 7) is 13.5. The van der Waals surface area contributed by atoms with Gasteiger partial charge in [0.2, 0.25) is 21.8 Å². The topological polar surface area (TPSA) is 189 Å². The molecule has 3 fully saturated rings. The number of likely N-dealkylation sites (tertiary alicyclic amines) is 1. The number of rotatable bonds is 11. The minimum atomic E-state index is -3.93. The highest BCUT2D eigenvalue weighted by Gasteiger charge is 2.62. The number of nitrogens with zero attached hydrogens (tertiary/aromatic N) is 1. The van der Waals surface area contributed by atoms with E-state index in [9.17, 15) is 36.8 Å². The van der Waals surface area contributed by atoms with Gasteiger partial charge in [0.1, 0.15) is 35.1 Å². The first kappa shape index (κ1) is 37.6. The van der Waals surface area contributed by atoms with E-state index in [1.807, 2.05) is 0 Å². The number of carbonyl (C=O) groups is 5. The number of hydrogen-bond donors (Lipinski definition) is 4. The lowest BCUT2D eigenvalue weighted by Crippen LogP contribution is -2.60. The van der Waals surface area contributed by atoms with E-state index in [-0.39, 0.29) is 25.9 Å². The molecule has 5 atom stereocenters. The fraction of sp³-hybridized carbons (Fsp3) is 0.606. The van der Waals surface area contributed by atoms with Crippen LogP contribution in [0.3, 0.4) is 0 Å². The van der Waals surface area contributed by atoms with Gasteiger partial charge in [0, 0.05) is 18.9 Å². The predicted molar refractivity (Wildman–Crippen MR) is 176 cm³/mol. The summed E-state index contributed by atoms with van der Waals surface area (Å²) in [5, 5.41) is 7.12. The van der Waals surface area contributed by atoms with Gasteiger partial charge in [-0.3, -0.25) is 19.1 Å². The Balaban J connectivity index is 1.56. The molecule has 0 bridgehead atoms. The first-order valence-electron chi connectivity index (χ1n) is 16.1. The van der Waals surface area contributed by atoms with Crippen molar-refractivity contribution in [3.63, 3.8) is 0 Å². The Morgan fingerprint density at radius 2 is 1.78 bits per heavy atom. The maximum atomic E-state index is 14.2. The first-order chi connectivity index (χ1) is 22.6. The second-order valence-electron chi connectivity index (χ2n) is 14.9. The van der Waals surface area contributed by atoms with E-state index in [2.05, 4.69) is 27.3 Å². The van der Waals surface area contributed by atoms with E-state index in [4.69, 9.17) is 9.47 Å². The molecule has 3 aliphatic rings. The van der Waals surface area contributed by atoms with Gasteiger partial charge in [0.25, 0.3) is 5.91 Å². The van der Waals surface area contributed by atoms with Gasteiger partial charge in [-0.2, -0.15) is 0 Å². The molecule has 0 radical (unpaired) electrons. The van der Waals surface area contributed by atoms with E-state index in [0.29, 0.717) is 18.4 Å². The summed E-state index contributed by atoms with van der Waals surface area (Å²) >= 11 is 0. The monoisotopic (exact) mass is 707 g/mol. The Bertz CT molecular complexity index is 1600. The van der Waals surface area contributed by atoms with Crippen molar-refractivity contribution in [2.75, 3.05) is 6.54 Å². The SMILES string of the molecule is C=CC1CC1(NC(=O)[C@@H]1C[C@@H](OC(=O)NCc2cccc(F)c2)CN1C(=O)[C@@H](NC(=O)OC(C)(C)C)C(C)(C)C)C(=O)NS(=O)(=O)C1CC1. The number of benzene rings is 1. The van der Waals surface area contributed by atoms with Crippen molar-refractivity contribution >= 4 is 39.9 Å². The number of carbonyl (C=O) groups excluding carboxylic acids is 5. The maximum Gasteiger partial charge on any atom is 0.408 e. The molecular weight excluding hydrogens is 661 g/mol. The molecule has 1 aromatic carbocycles. The van der Waals surface area contributed by atoms with Gasteiger partial charge >= 0.3 is 12.2 Å². The Morgan fingerprint density at radius 3 is 2.33 bits per heavy atom. The summed E-state index contributed by atoms with van der Waals surface area (Å²) in [6, 6.07) is 3.13. The number of hydrogen-bond acceptors (Lipinski definition) is 9. The average Bonchev–Trinajstić information content (AvgIpc) is 3.90. The number of ether oxygens (including phenoxy) is 2. The highest BCUT2D eigenvalue weighted by Crippen LogP contribution is 2.45. The van der Waals surface area contributed by atoms with Crippen LogP contribution in [-0.2, 0) is 40.4 Å². The summed E-state index contributed by atoms with van der Waals surface area (Å²) in [5.41, 5.74) is -2.88. The molecule has 1 aliphatic heterocycles. The number of halogens is 1. The first-order valence-corrected chi connectivity index (χ1v) is 17.7. The van der Waals surface area contributed by atoms with Crippen LogP contribution in [0.1, 0.15) is 72.8 Å². The third-order valence-corrected chi connectivity index (χ3v) is 10.3. The predicted octanol–water partition coefficient (Wildman–Crippen LogP) is 2.63. The quantitative estimate of drug-likeness (QED) is 0.251. The zero-order valence-electron chi connectivity index (χ0n) is 28.6. The largest absolute Gasteiger partial charge is 0.444 e. The fourth-order valence-corrected chi connectivity index (χ4v) is 7.01. The molecule has 2 aliphatic carbocycles. The van der Waals surface area contributed by atoms with E-state index in [1.165, 1.54) is 29.2 Å². The van der Waals surface area contributed by atoms with Crippen molar-refractivity contribution in [3.8, 4) is 0 Å². The summed E-state index contributed by atoms with van der Waals surface area (Å²) in [5.74, 6) is -3.42. The fourth-order valence-electron chi connectivity index (χ4n) is 5.65. The lowest BCUT2D eigenvalue weighted by molar-refractivity contribution is -0.143. The minimum Gasteiger partial charge on any atom is -0.444 e. The summed E-state index contributed by atoms with van der Waals surface area (Å²) in [4.78, 5) is 68.2. The van der Waals surface area contributed by atoms with Crippen molar-refractivity contribution in [3.05, 3.63) is 48.3 Å². The number of alkyl carbamates (subject to hydrolysis) is 2. The van der Waals surface area contributed by atoms with Gasteiger partial charge in [-0.25, -0.2) is 22.4 Å². The van der Waals surface area contributed by atoms with Gasteiger partial charge in [0.15, 0.2) is 0 Å². The molecule has 4 rings (SSSR count). The summed E-state index contributed by atoms with van der Waals surface area (Å²) in [6.07, 6.45) is -0.528. The zero-order chi connectivity index (χ0) is 36.5. The molecule has 1 aromatic rings. The molecule has 270 valence electrons. The van der Waals surface area contributed by atoms with Crippen LogP contribution in [0, 0.1) is 17.2 Å². The molecule has 4 N–H and O–H groups in total. The Kier molecular flexibility index (Phi) is 10.7. The van der Waals surface area contributed by atoms with Gasteiger partial charge in [-0.05, 0) is 63.1 Å². The lowest BCUT2D eigenvalue weighted by atomic mass is 9.85. The van der Waals surface area contributed by atoms with Gasteiger partial charge < -0.3 is 30.3 Å². The lowest BCUT2D eigenvalue weighted by Gasteiger charge is -2.36. The van der Waals surface area contributed by atoms with Crippen LogP contribution in [-0.4, -0.2) is 84.3 Å². The van der Waals surface area contributed by atoms with Gasteiger partial charge in [-0.1, -0.05) is 39.0 Å². The molecule has 14 nitrogen and oxygen atoms in total. The Hall–Kier alpha value is -4.21. The highest BCUT2D eigenvalue weighted by atomic mass is 32.2. The van der Waals surface area contributed by atoms with Gasteiger partial charge in [0.05, 0.1) is 11.8 Å². The van der Waals surface area contributed by atoms with Crippen LogP contribution in [0.15, 0.2) is 36.9 Å². The molecule has 49 heavy (non-hydrogen) atoms. The van der Waals surface area contributed by atoms with Crippen molar-refractivity contribution in [2.24, 2.45) is 11.3 Å². The second kappa shape index (κ2) is 14.0. The van der Waals surface area contributed by atoms with Crippen molar-refractivity contribution in [2.45, 2.75) is 108 Å². The van der Waals surface area contributed by atoms with Crippen molar-refractivity contribution in [1.82, 2.24) is 25.6 Å². The van der Waals surface area contributed by atoms with E-state index >= 15 is 0 Å². The summed E-state index contributed by atoms with van der Waals surface area (Å²) < 4.78 is 51.7. The third kappa shape index (κ3) is 9.49. The summed E-state index contributed by atoms with van der Waals surface area (Å²) in [7, 11) is -3.93. The number of amides is 5. The molecule has 1 saturated heterocycles. The molecule has 2 saturated carbocycles. The standard InChI is InChI=1S/C33H46FN5O9S/c1-8-20-16-33(20,28(42)38-49(45,46)23-12-13-23)37-26(40)24-15-22(47-29(43)35-17-19-10-9-11-21(34)14-19)18-39(24)27(41)25(31(2,3)4)36-30(44)48-32(5,6)7/h8-11,14,20,22-25H,1,12-13,15-18H2,2-7H3,(H,35,43)(H,36,44)(H,37,40)(H,38,42)/t20?,22-,24+,25-,33?/m1/s1. The van der Waals surface area contributed by atoms with Gasteiger partial charge in [-0.15, -0.1) is 6.58 Å². The van der Waals surface area contributed by atoms with Crippen LogP contribution < -0.4 is 20.7 Å². The minimum absolute atomic E-state index is 0.0495. The van der Waals surface area contributed by atoms with Crippen LogP contribution >= 0.6 is 0 Å². The van der Waals surface area contributed by atoms with Crippen LogP contribution in [0.2, 0.25) is 0 Å². The van der Waals surface area contributed by atoms with E-state index in [0.717, 1.165) is 0 Å². The Labute approximate surface area is 285 Å². The van der Waals surface area contributed by atoms with Crippen LogP contribution in [0.25, 0.3) is 0 Å². The molecule has 0 aromatic heterocycles. The molecule has 16 heteroatoms. The molecule has 1 heterocycles. The third-order valence-electron chi connectivity index (χ3n) is 8.47. The van der Waals surface area contributed by atoms with Crippen LogP contribution in [0.5, 0.6) is 0 Å². The molecule has 0 spiro atoms. The smallest absolute Gasteiger partial charge is 0.408 e. The number of nitrogens with one attached hydrogen (secondary N) is 4. The van der Waals surface area contributed by atoms with E-state index < -0.39 is 91.7 Å². The van der Waals surface area contributed by atoms with E-state index in [1.54, 1.807) is 47.6 Å². The number of sulfonamides is 1. The van der Waals surface area contributed by atoms with Crippen LogP contribution in [0.4, 0.5) is 14.0 Å². The highest BCUT2D eigenvalue weighted by molar-refractivity contribution is 7.91. The average molecular weight is 708 g/mol.